The summed E-state index contributed by atoms with van der Waals surface area (Å²) in [6.45, 7) is 3.40. The standard InChI is InChI=1S/C17H16BrNO5S2/c1-9-3-4-13(17-12(20)5-10(2)16(9)17)24-7-14(21)19-26(22,23)15-6-11(18)8-25-15/h3-4,6,8,10H,5,7H2,1-2H3,(H,19,21). The van der Waals surface area contributed by atoms with E-state index in [1.807, 2.05) is 24.6 Å². The lowest BCUT2D eigenvalue weighted by molar-refractivity contribution is -0.121. The Morgan fingerprint density at radius 1 is 1.42 bits per heavy atom. The first-order valence-electron chi connectivity index (χ1n) is 7.78. The van der Waals surface area contributed by atoms with Gasteiger partial charge in [-0.15, -0.1) is 11.3 Å². The lowest BCUT2D eigenvalue weighted by Crippen LogP contribution is -2.34. The van der Waals surface area contributed by atoms with Gasteiger partial charge in [0.1, 0.15) is 9.96 Å². The summed E-state index contributed by atoms with van der Waals surface area (Å²) in [5.74, 6) is -0.413. The molecule has 1 amide bonds. The number of Topliss-reactive ketones (excluding diaryl/α,β-unsaturated/α-hetero) is 1. The Morgan fingerprint density at radius 3 is 2.81 bits per heavy atom. The molecule has 1 atom stereocenters. The van der Waals surface area contributed by atoms with E-state index < -0.39 is 22.5 Å². The summed E-state index contributed by atoms with van der Waals surface area (Å²) in [6.07, 6.45) is 0.407. The van der Waals surface area contributed by atoms with Crippen LogP contribution in [0.4, 0.5) is 0 Å². The van der Waals surface area contributed by atoms with Crippen LogP contribution in [0, 0.1) is 6.92 Å². The summed E-state index contributed by atoms with van der Waals surface area (Å²) in [4.78, 5) is 24.2. The molecule has 0 radical (unpaired) electrons. The van der Waals surface area contributed by atoms with Crippen molar-refractivity contribution in [3.63, 3.8) is 0 Å². The first-order chi connectivity index (χ1) is 12.2. The summed E-state index contributed by atoms with van der Waals surface area (Å²) in [5.41, 5.74) is 2.43. The van der Waals surface area contributed by atoms with Crippen molar-refractivity contribution < 1.29 is 22.7 Å². The third-order valence-corrected chi connectivity index (χ3v) is 7.68. The molecule has 1 aliphatic carbocycles. The highest BCUT2D eigenvalue weighted by atomic mass is 79.9. The average Bonchev–Trinajstić information content (AvgIpc) is 3.11. The molecule has 1 heterocycles. The predicted molar refractivity (Wildman–Crippen MR) is 101 cm³/mol. The number of amides is 1. The van der Waals surface area contributed by atoms with E-state index in [9.17, 15) is 18.0 Å². The molecule has 1 aliphatic rings. The average molecular weight is 458 g/mol. The van der Waals surface area contributed by atoms with E-state index in [-0.39, 0.29) is 15.9 Å². The zero-order valence-electron chi connectivity index (χ0n) is 14.0. The molecular formula is C17H16BrNO5S2. The quantitative estimate of drug-likeness (QED) is 0.742. The van der Waals surface area contributed by atoms with Crippen LogP contribution in [0.1, 0.15) is 40.7 Å². The number of hydrogen-bond donors (Lipinski definition) is 1. The second-order valence-electron chi connectivity index (χ2n) is 6.10. The summed E-state index contributed by atoms with van der Waals surface area (Å²) in [7, 11) is -3.94. The van der Waals surface area contributed by atoms with Gasteiger partial charge in [-0.1, -0.05) is 13.0 Å². The number of ether oxygens (including phenoxy) is 1. The molecule has 26 heavy (non-hydrogen) atoms. The number of thiophene rings is 1. The van der Waals surface area contributed by atoms with Crippen molar-refractivity contribution in [2.75, 3.05) is 6.61 Å². The number of carbonyl (C=O) groups excluding carboxylic acids is 2. The third kappa shape index (κ3) is 3.70. The minimum atomic E-state index is -3.94. The fourth-order valence-electron chi connectivity index (χ4n) is 3.04. The lowest BCUT2D eigenvalue weighted by Gasteiger charge is -2.13. The second kappa shape index (κ2) is 7.13. The summed E-state index contributed by atoms with van der Waals surface area (Å²) < 4.78 is 32.4. The van der Waals surface area contributed by atoms with Crippen molar-refractivity contribution in [3.8, 4) is 5.75 Å². The Kier molecular flexibility index (Phi) is 5.23. The third-order valence-electron chi connectivity index (χ3n) is 4.10. The molecule has 2 aromatic rings. The Hall–Kier alpha value is -1.71. The molecule has 9 heteroatoms. The minimum absolute atomic E-state index is 0.0253. The van der Waals surface area contributed by atoms with Crippen LogP contribution in [-0.4, -0.2) is 26.7 Å². The SMILES string of the molecule is Cc1ccc(OCC(=O)NS(=O)(=O)c2cc(Br)cs2)c2c1C(C)CC2=O. The van der Waals surface area contributed by atoms with Crippen LogP contribution >= 0.6 is 27.3 Å². The molecule has 0 aliphatic heterocycles. The van der Waals surface area contributed by atoms with Gasteiger partial charge in [-0.3, -0.25) is 9.59 Å². The highest BCUT2D eigenvalue weighted by Gasteiger charge is 2.31. The maximum absolute atomic E-state index is 12.2. The normalized spacial score (nSPS) is 16.4. The topological polar surface area (TPSA) is 89.5 Å². The van der Waals surface area contributed by atoms with E-state index in [1.54, 1.807) is 11.4 Å². The van der Waals surface area contributed by atoms with Gasteiger partial charge in [0.05, 0.1) is 5.56 Å². The summed E-state index contributed by atoms with van der Waals surface area (Å²) in [5, 5.41) is 1.61. The zero-order chi connectivity index (χ0) is 19.1. The Morgan fingerprint density at radius 2 is 2.15 bits per heavy atom. The highest BCUT2D eigenvalue weighted by Crippen LogP contribution is 2.40. The van der Waals surface area contributed by atoms with Crippen molar-refractivity contribution in [2.45, 2.75) is 30.4 Å². The molecule has 1 unspecified atom stereocenters. The molecule has 138 valence electrons. The van der Waals surface area contributed by atoms with E-state index in [0.29, 0.717) is 22.2 Å². The molecule has 0 saturated heterocycles. The summed E-state index contributed by atoms with van der Waals surface area (Å²) in [6, 6.07) is 4.89. The van der Waals surface area contributed by atoms with Crippen LogP contribution in [0.3, 0.4) is 0 Å². The van der Waals surface area contributed by atoms with Gasteiger partial charge < -0.3 is 4.74 Å². The molecule has 3 rings (SSSR count). The number of fused-ring (bicyclic) bond motifs is 1. The van der Waals surface area contributed by atoms with Crippen LogP contribution in [0.2, 0.25) is 0 Å². The van der Waals surface area contributed by atoms with Gasteiger partial charge in [0.15, 0.2) is 12.4 Å². The minimum Gasteiger partial charge on any atom is -0.483 e. The first kappa shape index (κ1) is 19.1. The molecule has 0 bridgehead atoms. The summed E-state index contributed by atoms with van der Waals surface area (Å²) >= 11 is 4.17. The number of rotatable bonds is 5. The number of hydrogen-bond acceptors (Lipinski definition) is 6. The molecule has 6 nitrogen and oxygen atoms in total. The number of nitrogens with one attached hydrogen (secondary N) is 1. The van der Waals surface area contributed by atoms with Gasteiger partial charge in [-0.25, -0.2) is 13.1 Å². The maximum atomic E-state index is 12.2. The smallest absolute Gasteiger partial charge is 0.273 e. The van der Waals surface area contributed by atoms with Crippen LogP contribution in [0.25, 0.3) is 0 Å². The number of sulfonamides is 1. The number of aryl methyl sites for hydroxylation is 1. The largest absolute Gasteiger partial charge is 0.483 e. The van der Waals surface area contributed by atoms with E-state index in [4.69, 9.17) is 4.74 Å². The van der Waals surface area contributed by atoms with Gasteiger partial charge in [-0.05, 0) is 52.0 Å². The Bertz CT molecular complexity index is 997. The maximum Gasteiger partial charge on any atom is 0.273 e. The van der Waals surface area contributed by atoms with Crippen molar-refractivity contribution in [2.24, 2.45) is 0 Å². The molecule has 1 aromatic carbocycles. The van der Waals surface area contributed by atoms with Gasteiger partial charge in [-0.2, -0.15) is 0 Å². The molecule has 0 saturated carbocycles. The number of halogens is 1. The van der Waals surface area contributed by atoms with Gasteiger partial charge in [0.2, 0.25) is 0 Å². The van der Waals surface area contributed by atoms with E-state index >= 15 is 0 Å². The van der Waals surface area contributed by atoms with Crippen molar-refractivity contribution in [1.82, 2.24) is 4.72 Å². The molecule has 1 aromatic heterocycles. The van der Waals surface area contributed by atoms with Crippen LogP contribution in [0.5, 0.6) is 5.75 Å². The van der Waals surface area contributed by atoms with Crippen molar-refractivity contribution >= 4 is 49.0 Å². The molecule has 0 fully saturated rings. The first-order valence-corrected chi connectivity index (χ1v) is 10.9. The van der Waals surface area contributed by atoms with E-state index in [2.05, 4.69) is 15.9 Å². The van der Waals surface area contributed by atoms with Crippen molar-refractivity contribution in [1.29, 1.82) is 0 Å². The van der Waals surface area contributed by atoms with E-state index in [0.717, 1.165) is 22.5 Å². The zero-order valence-corrected chi connectivity index (χ0v) is 17.3. The number of ketones is 1. The Labute approximate surface area is 163 Å². The van der Waals surface area contributed by atoms with Gasteiger partial charge in [0.25, 0.3) is 15.9 Å². The fourth-order valence-corrected chi connectivity index (χ4v) is 5.86. The molecular weight excluding hydrogens is 442 g/mol. The van der Waals surface area contributed by atoms with Crippen LogP contribution < -0.4 is 9.46 Å². The number of carbonyl (C=O) groups is 2. The molecule has 1 N–H and O–H groups in total. The van der Waals surface area contributed by atoms with Gasteiger partial charge >= 0.3 is 0 Å². The lowest BCUT2D eigenvalue weighted by atomic mass is 9.97. The second-order valence-corrected chi connectivity index (χ2v) is 9.84. The monoisotopic (exact) mass is 457 g/mol. The van der Waals surface area contributed by atoms with E-state index in [1.165, 1.54) is 6.07 Å². The van der Waals surface area contributed by atoms with Crippen molar-refractivity contribution in [3.05, 3.63) is 44.7 Å². The van der Waals surface area contributed by atoms with Crippen LogP contribution in [-0.2, 0) is 14.8 Å². The predicted octanol–water partition coefficient (Wildman–Crippen LogP) is 3.39. The molecule has 0 spiro atoms. The van der Waals surface area contributed by atoms with Crippen LogP contribution in [0.15, 0.2) is 32.3 Å². The number of benzene rings is 1. The fraction of sp³-hybridized carbons (Fsp3) is 0.294. The Balaban J connectivity index is 1.72. The highest BCUT2D eigenvalue weighted by molar-refractivity contribution is 9.10. The van der Waals surface area contributed by atoms with Gasteiger partial charge in [0, 0.05) is 16.3 Å².